The molecular formula is C16H17NO5S2. The first-order chi connectivity index (χ1) is 11.7. The Balaban J connectivity index is 1.75. The topological polar surface area (TPSA) is 73.9 Å². The fourth-order valence-electron chi connectivity index (χ4n) is 2.41. The lowest BCUT2D eigenvalue weighted by molar-refractivity contribution is -0.156. The van der Waals surface area contributed by atoms with Crippen molar-refractivity contribution in [2.75, 3.05) is 13.4 Å². The van der Waals surface area contributed by atoms with E-state index in [9.17, 15) is 9.59 Å². The van der Waals surface area contributed by atoms with Gasteiger partial charge in [-0.25, -0.2) is 4.79 Å². The van der Waals surface area contributed by atoms with E-state index in [-0.39, 0.29) is 19.4 Å². The third-order valence-electron chi connectivity index (χ3n) is 3.49. The number of amides is 1. The van der Waals surface area contributed by atoms with Gasteiger partial charge in [0.15, 0.2) is 12.2 Å². The zero-order chi connectivity index (χ0) is 16.9. The summed E-state index contributed by atoms with van der Waals surface area (Å²) in [4.78, 5) is 26.6. The molecule has 8 heteroatoms. The van der Waals surface area contributed by atoms with Gasteiger partial charge in [0, 0.05) is 9.75 Å². The summed E-state index contributed by atoms with van der Waals surface area (Å²) in [6.45, 7) is 1.82. The first-order valence-corrected chi connectivity index (χ1v) is 9.23. The van der Waals surface area contributed by atoms with Crippen LogP contribution < -0.4 is 5.32 Å². The Morgan fingerprint density at radius 1 is 1.21 bits per heavy atom. The maximum Gasteiger partial charge on any atom is 0.338 e. The van der Waals surface area contributed by atoms with Crippen LogP contribution in [0.4, 0.5) is 0 Å². The van der Waals surface area contributed by atoms with Gasteiger partial charge in [0.25, 0.3) is 5.91 Å². The number of hydrogen-bond donors (Lipinski definition) is 1. The highest BCUT2D eigenvalue weighted by molar-refractivity contribution is 7.11. The number of carbonyl (C=O) groups is 2. The maximum atomic E-state index is 12.7. The van der Waals surface area contributed by atoms with Gasteiger partial charge in [-0.15, -0.1) is 22.7 Å². The average Bonchev–Trinajstić information content (AvgIpc) is 3.35. The first-order valence-electron chi connectivity index (χ1n) is 7.47. The number of rotatable bonds is 6. The van der Waals surface area contributed by atoms with Crippen molar-refractivity contribution in [1.29, 1.82) is 0 Å². The van der Waals surface area contributed by atoms with Crippen molar-refractivity contribution in [1.82, 2.24) is 5.32 Å². The molecule has 2 atom stereocenters. The van der Waals surface area contributed by atoms with Crippen molar-refractivity contribution in [2.45, 2.75) is 25.2 Å². The molecule has 0 spiro atoms. The summed E-state index contributed by atoms with van der Waals surface area (Å²) in [6, 6.07) is 7.52. The first kappa shape index (κ1) is 17.1. The maximum absolute atomic E-state index is 12.7. The second kappa shape index (κ2) is 7.89. The molecule has 2 aromatic rings. The summed E-state index contributed by atoms with van der Waals surface area (Å²) in [5.41, 5.74) is 0. The van der Waals surface area contributed by atoms with E-state index >= 15 is 0 Å². The molecule has 6 nitrogen and oxygen atoms in total. The predicted molar refractivity (Wildman–Crippen MR) is 89.9 cm³/mol. The van der Waals surface area contributed by atoms with Crippen molar-refractivity contribution in [3.05, 3.63) is 44.8 Å². The molecule has 0 radical (unpaired) electrons. The van der Waals surface area contributed by atoms with Gasteiger partial charge in [-0.1, -0.05) is 12.1 Å². The summed E-state index contributed by atoms with van der Waals surface area (Å²) in [6.07, 6.45) is -2.04. The van der Waals surface area contributed by atoms with Crippen LogP contribution in [0.25, 0.3) is 0 Å². The van der Waals surface area contributed by atoms with Gasteiger partial charge >= 0.3 is 5.97 Å². The van der Waals surface area contributed by atoms with Crippen LogP contribution in [-0.4, -0.2) is 37.5 Å². The Kier molecular flexibility index (Phi) is 5.62. The molecule has 1 fully saturated rings. The van der Waals surface area contributed by atoms with Crippen molar-refractivity contribution in [3.63, 3.8) is 0 Å². The van der Waals surface area contributed by atoms with Crippen molar-refractivity contribution in [2.24, 2.45) is 0 Å². The molecule has 0 aromatic carbocycles. The largest absolute Gasteiger partial charge is 0.464 e. The molecule has 1 aliphatic heterocycles. The fraction of sp³-hybridized carbons (Fsp3) is 0.375. The highest BCUT2D eigenvalue weighted by Gasteiger charge is 2.42. The summed E-state index contributed by atoms with van der Waals surface area (Å²) in [5.74, 6) is -0.976. The second-order valence-corrected chi connectivity index (χ2v) is 6.98. The summed E-state index contributed by atoms with van der Waals surface area (Å²) in [5, 5.41) is 6.87. The molecule has 0 aliphatic carbocycles. The Morgan fingerprint density at radius 3 is 2.38 bits per heavy atom. The standard InChI is InChI=1S/C16H17NO5S2/c1-2-20-16(19)14-13(21-9-22-14)15(18)17-12(10-5-3-7-23-10)11-6-4-8-24-11/h3-8,12-14H,2,9H2,1H3,(H,17,18)/t13-,14?/m1/s1. The van der Waals surface area contributed by atoms with Gasteiger partial charge in [0.2, 0.25) is 0 Å². The molecule has 3 heterocycles. The van der Waals surface area contributed by atoms with Crippen LogP contribution in [0, 0.1) is 0 Å². The van der Waals surface area contributed by atoms with E-state index < -0.39 is 24.1 Å². The monoisotopic (exact) mass is 367 g/mol. The van der Waals surface area contributed by atoms with Crippen molar-refractivity contribution >= 4 is 34.6 Å². The number of esters is 1. The average molecular weight is 367 g/mol. The third-order valence-corrected chi connectivity index (χ3v) is 5.36. The van der Waals surface area contributed by atoms with Crippen LogP contribution in [0.2, 0.25) is 0 Å². The van der Waals surface area contributed by atoms with E-state index in [1.807, 2.05) is 35.0 Å². The Bertz CT molecular complexity index is 636. The smallest absolute Gasteiger partial charge is 0.338 e. The number of nitrogens with one attached hydrogen (secondary N) is 1. The zero-order valence-corrected chi connectivity index (χ0v) is 14.6. The van der Waals surface area contributed by atoms with E-state index in [0.29, 0.717) is 0 Å². The van der Waals surface area contributed by atoms with E-state index in [0.717, 1.165) is 9.75 Å². The normalized spacial score (nSPS) is 20.2. The minimum absolute atomic E-state index is 0.107. The summed E-state index contributed by atoms with van der Waals surface area (Å²) >= 11 is 3.11. The molecule has 1 unspecified atom stereocenters. The Morgan fingerprint density at radius 2 is 1.83 bits per heavy atom. The number of hydrogen-bond acceptors (Lipinski definition) is 7. The van der Waals surface area contributed by atoms with E-state index in [2.05, 4.69) is 5.32 Å². The molecule has 1 saturated heterocycles. The minimum atomic E-state index is -1.03. The lowest BCUT2D eigenvalue weighted by Gasteiger charge is -2.20. The van der Waals surface area contributed by atoms with Gasteiger partial charge in [-0.05, 0) is 29.8 Å². The van der Waals surface area contributed by atoms with Gasteiger partial charge in [-0.2, -0.15) is 0 Å². The van der Waals surface area contributed by atoms with E-state index in [1.54, 1.807) is 29.6 Å². The van der Waals surface area contributed by atoms with Gasteiger partial charge in [-0.3, -0.25) is 4.79 Å². The Labute approximate surface area is 147 Å². The fourth-order valence-corrected chi connectivity index (χ4v) is 4.07. The van der Waals surface area contributed by atoms with E-state index in [1.165, 1.54) is 0 Å². The SMILES string of the molecule is CCOC(=O)C1OCO[C@H]1C(=O)NC(c1cccs1)c1cccs1. The summed E-state index contributed by atoms with van der Waals surface area (Å²) < 4.78 is 15.4. The third kappa shape index (κ3) is 3.67. The predicted octanol–water partition coefficient (Wildman–Crippen LogP) is 2.32. The van der Waals surface area contributed by atoms with Crippen molar-refractivity contribution in [3.8, 4) is 0 Å². The zero-order valence-electron chi connectivity index (χ0n) is 13.0. The molecule has 0 bridgehead atoms. The highest BCUT2D eigenvalue weighted by Crippen LogP contribution is 2.29. The van der Waals surface area contributed by atoms with Gasteiger partial charge < -0.3 is 19.5 Å². The lowest BCUT2D eigenvalue weighted by Crippen LogP contribution is -2.45. The van der Waals surface area contributed by atoms with Crippen LogP contribution in [0.1, 0.15) is 22.7 Å². The molecular weight excluding hydrogens is 350 g/mol. The molecule has 3 rings (SSSR count). The lowest BCUT2D eigenvalue weighted by atomic mass is 10.1. The molecule has 24 heavy (non-hydrogen) atoms. The highest BCUT2D eigenvalue weighted by atomic mass is 32.1. The van der Waals surface area contributed by atoms with Gasteiger partial charge in [0.1, 0.15) is 6.79 Å². The number of thiophene rings is 2. The van der Waals surface area contributed by atoms with Crippen LogP contribution in [0.3, 0.4) is 0 Å². The van der Waals surface area contributed by atoms with Crippen LogP contribution in [0.5, 0.6) is 0 Å². The number of carbonyl (C=O) groups excluding carboxylic acids is 2. The quantitative estimate of drug-likeness (QED) is 0.793. The Hall–Kier alpha value is -1.74. The molecule has 1 aliphatic rings. The molecule has 2 aromatic heterocycles. The van der Waals surface area contributed by atoms with Crippen molar-refractivity contribution < 1.29 is 23.8 Å². The molecule has 1 N–H and O–H groups in total. The molecule has 128 valence electrons. The summed E-state index contributed by atoms with van der Waals surface area (Å²) in [7, 11) is 0. The van der Waals surface area contributed by atoms with E-state index in [4.69, 9.17) is 14.2 Å². The number of ether oxygens (including phenoxy) is 3. The molecule has 1 amide bonds. The van der Waals surface area contributed by atoms with Crippen LogP contribution >= 0.6 is 22.7 Å². The van der Waals surface area contributed by atoms with Crippen LogP contribution in [-0.2, 0) is 23.8 Å². The van der Waals surface area contributed by atoms with Gasteiger partial charge in [0.05, 0.1) is 12.6 Å². The van der Waals surface area contributed by atoms with Crippen LogP contribution in [0.15, 0.2) is 35.0 Å². The minimum Gasteiger partial charge on any atom is -0.464 e. The molecule has 0 saturated carbocycles. The second-order valence-electron chi connectivity index (χ2n) is 5.02.